The molecule has 0 spiro atoms. The van der Waals surface area contributed by atoms with Crippen molar-refractivity contribution in [2.24, 2.45) is 0 Å². The third kappa shape index (κ3) is 0.510. The van der Waals surface area contributed by atoms with E-state index in [9.17, 15) is 9.59 Å². The molecule has 1 amide bonds. The Morgan fingerprint density at radius 3 is 2.62 bits per heavy atom. The maximum atomic E-state index is 10.4. The van der Waals surface area contributed by atoms with E-state index in [0.717, 1.165) is 6.29 Å². The second-order valence-electron chi connectivity index (χ2n) is 1.91. The second-order valence-corrected chi connectivity index (χ2v) is 1.91. The molecule has 0 N–H and O–H groups in total. The van der Waals surface area contributed by atoms with Gasteiger partial charge >= 0.3 is 0 Å². The van der Waals surface area contributed by atoms with Crippen molar-refractivity contribution in [3.05, 3.63) is 0 Å². The number of nitrogens with zero attached hydrogens (tertiary/aromatic N) is 1. The van der Waals surface area contributed by atoms with Gasteiger partial charge in [0.25, 0.3) is 0 Å². The summed E-state index contributed by atoms with van der Waals surface area (Å²) in [4.78, 5) is 21.8. The molecule has 0 aromatic heterocycles. The highest BCUT2D eigenvalue weighted by Crippen LogP contribution is 2.12. The van der Waals surface area contributed by atoms with Gasteiger partial charge in [-0.1, -0.05) is 0 Å². The van der Waals surface area contributed by atoms with Crippen LogP contribution in [0.5, 0.6) is 0 Å². The van der Waals surface area contributed by atoms with Crippen LogP contribution in [-0.2, 0) is 9.59 Å². The lowest BCUT2D eigenvalue weighted by molar-refractivity contribution is -0.146. The van der Waals surface area contributed by atoms with Gasteiger partial charge in [0.15, 0.2) is 0 Å². The summed E-state index contributed by atoms with van der Waals surface area (Å²) >= 11 is 0. The van der Waals surface area contributed by atoms with Gasteiger partial charge in [-0.25, -0.2) is 0 Å². The van der Waals surface area contributed by atoms with E-state index in [4.69, 9.17) is 0 Å². The molecule has 1 rings (SSSR count). The number of β-lactam (4-membered cyclic amide) rings is 1. The Hall–Kier alpha value is -0.860. The Labute approximate surface area is 47.3 Å². The van der Waals surface area contributed by atoms with Crippen molar-refractivity contribution >= 4 is 12.2 Å². The molecule has 1 unspecified atom stereocenters. The smallest absolute Gasteiger partial charge is 0.225 e. The van der Waals surface area contributed by atoms with Gasteiger partial charge in [0, 0.05) is 7.05 Å². The van der Waals surface area contributed by atoms with Crippen LogP contribution in [0.2, 0.25) is 0 Å². The van der Waals surface area contributed by atoms with Crippen LogP contribution < -0.4 is 0 Å². The van der Waals surface area contributed by atoms with E-state index < -0.39 is 0 Å². The summed E-state index contributed by atoms with van der Waals surface area (Å²) in [6, 6.07) is -0.137. The highest BCUT2D eigenvalue weighted by Gasteiger charge is 2.31. The molecule has 44 valence electrons. The Kier molecular flexibility index (Phi) is 1.04. The topological polar surface area (TPSA) is 37.4 Å². The second kappa shape index (κ2) is 1.58. The fourth-order valence-electron chi connectivity index (χ4n) is 0.672. The number of hydrogen-bond donors (Lipinski definition) is 0. The van der Waals surface area contributed by atoms with Gasteiger partial charge in [0.2, 0.25) is 5.91 Å². The summed E-state index contributed by atoms with van der Waals surface area (Å²) in [5, 5.41) is 0. The number of carbonyl (C=O) groups is 2. The predicted octanol–water partition coefficient (Wildman–Crippen LogP) is -0.584. The molecule has 3 heteroatoms. The van der Waals surface area contributed by atoms with E-state index in [0.29, 0.717) is 6.42 Å². The third-order valence-electron chi connectivity index (χ3n) is 1.43. The largest absolute Gasteiger partial charge is 0.335 e. The van der Waals surface area contributed by atoms with E-state index in [1.54, 1.807) is 7.05 Å². The van der Waals surface area contributed by atoms with Gasteiger partial charge in [-0.15, -0.1) is 0 Å². The van der Waals surface area contributed by atoms with Crippen LogP contribution in [-0.4, -0.2) is 30.2 Å². The van der Waals surface area contributed by atoms with Crippen molar-refractivity contribution in [1.29, 1.82) is 0 Å². The first-order valence-electron chi connectivity index (χ1n) is 2.46. The normalized spacial score (nSPS) is 27.4. The van der Waals surface area contributed by atoms with Crippen molar-refractivity contribution in [3.63, 3.8) is 0 Å². The van der Waals surface area contributed by atoms with Gasteiger partial charge in [0.1, 0.15) is 6.29 Å². The monoisotopic (exact) mass is 113 g/mol. The van der Waals surface area contributed by atoms with E-state index in [1.807, 2.05) is 0 Å². The Balaban J connectivity index is 2.47. The minimum Gasteiger partial charge on any atom is -0.335 e. The number of rotatable bonds is 1. The number of aldehydes is 1. The number of likely N-dealkylation sites (tertiary alicyclic amines) is 1. The van der Waals surface area contributed by atoms with Gasteiger partial charge in [0.05, 0.1) is 12.5 Å². The maximum absolute atomic E-state index is 10.4. The van der Waals surface area contributed by atoms with Crippen LogP contribution in [0.4, 0.5) is 0 Å². The van der Waals surface area contributed by atoms with Crippen molar-refractivity contribution < 1.29 is 9.59 Å². The Morgan fingerprint density at radius 2 is 2.50 bits per heavy atom. The Morgan fingerprint density at radius 1 is 1.88 bits per heavy atom. The van der Waals surface area contributed by atoms with Crippen molar-refractivity contribution in [3.8, 4) is 0 Å². The average Bonchev–Trinajstić information content (AvgIpc) is 1.81. The molecule has 0 aliphatic carbocycles. The first-order valence-corrected chi connectivity index (χ1v) is 2.46. The minimum atomic E-state index is -0.137. The number of carbonyl (C=O) groups excluding carboxylic acids is 2. The molecule has 0 aromatic carbocycles. The van der Waals surface area contributed by atoms with Crippen molar-refractivity contribution in [2.75, 3.05) is 7.05 Å². The summed E-state index contributed by atoms with van der Waals surface area (Å²) < 4.78 is 0. The van der Waals surface area contributed by atoms with Gasteiger partial charge in [-0.2, -0.15) is 0 Å². The maximum Gasteiger partial charge on any atom is 0.225 e. The molecule has 1 saturated heterocycles. The fraction of sp³-hybridized carbons (Fsp3) is 0.600. The lowest BCUT2D eigenvalue weighted by Gasteiger charge is -2.32. The first-order chi connectivity index (χ1) is 3.75. The predicted molar refractivity (Wildman–Crippen MR) is 27.2 cm³/mol. The van der Waals surface area contributed by atoms with Crippen LogP contribution in [0, 0.1) is 0 Å². The molecular formula is C5H7NO2. The van der Waals surface area contributed by atoms with Gasteiger partial charge in [-0.3, -0.25) is 4.79 Å². The van der Waals surface area contributed by atoms with Crippen LogP contribution in [0.3, 0.4) is 0 Å². The molecule has 0 aromatic rings. The summed E-state index contributed by atoms with van der Waals surface area (Å²) in [6.45, 7) is 0. The molecule has 0 bridgehead atoms. The van der Waals surface area contributed by atoms with E-state index >= 15 is 0 Å². The molecule has 3 nitrogen and oxygen atoms in total. The molecule has 1 aliphatic rings. The van der Waals surface area contributed by atoms with Crippen molar-refractivity contribution in [2.45, 2.75) is 12.5 Å². The van der Waals surface area contributed by atoms with Crippen LogP contribution in [0.25, 0.3) is 0 Å². The molecule has 0 saturated carbocycles. The van der Waals surface area contributed by atoms with Gasteiger partial charge < -0.3 is 9.69 Å². The quantitative estimate of drug-likeness (QED) is 0.337. The average molecular weight is 113 g/mol. The summed E-state index contributed by atoms with van der Waals surface area (Å²) in [6.07, 6.45) is 1.20. The first kappa shape index (κ1) is 5.28. The zero-order chi connectivity index (χ0) is 6.15. The lowest BCUT2D eigenvalue weighted by atomic mass is 10.1. The van der Waals surface area contributed by atoms with E-state index in [1.165, 1.54) is 4.90 Å². The van der Waals surface area contributed by atoms with Gasteiger partial charge in [-0.05, 0) is 0 Å². The minimum absolute atomic E-state index is 0.0575. The standard InChI is InChI=1S/C5H7NO2/c1-6-4(3-7)2-5(6)8/h3-4H,2H2,1H3. The van der Waals surface area contributed by atoms with Crippen LogP contribution in [0.1, 0.15) is 6.42 Å². The van der Waals surface area contributed by atoms with Crippen molar-refractivity contribution in [1.82, 2.24) is 4.90 Å². The van der Waals surface area contributed by atoms with E-state index in [2.05, 4.69) is 0 Å². The zero-order valence-electron chi connectivity index (χ0n) is 4.63. The summed E-state index contributed by atoms with van der Waals surface area (Å²) in [5.41, 5.74) is 0. The fourth-order valence-corrected chi connectivity index (χ4v) is 0.672. The van der Waals surface area contributed by atoms with Crippen LogP contribution in [0.15, 0.2) is 0 Å². The molecular weight excluding hydrogens is 106 g/mol. The summed E-state index contributed by atoms with van der Waals surface area (Å²) in [7, 11) is 1.63. The molecule has 1 atom stereocenters. The van der Waals surface area contributed by atoms with E-state index in [-0.39, 0.29) is 11.9 Å². The lowest BCUT2D eigenvalue weighted by Crippen LogP contribution is -2.50. The summed E-state index contributed by atoms with van der Waals surface area (Å²) in [5.74, 6) is 0.0575. The SMILES string of the molecule is CN1C(=O)CC1C=O. The highest BCUT2D eigenvalue weighted by atomic mass is 16.2. The molecule has 8 heavy (non-hydrogen) atoms. The zero-order valence-corrected chi connectivity index (χ0v) is 4.63. The number of likely N-dealkylation sites (N-methyl/N-ethyl adjacent to an activating group) is 1. The molecule has 1 heterocycles. The molecule has 1 aliphatic heterocycles. The molecule has 0 radical (unpaired) electrons. The number of hydrogen-bond acceptors (Lipinski definition) is 2. The third-order valence-corrected chi connectivity index (χ3v) is 1.43. The number of amides is 1. The highest BCUT2D eigenvalue weighted by molar-refractivity contribution is 5.89. The molecule has 1 fully saturated rings. The Bertz CT molecular complexity index is 132. The van der Waals surface area contributed by atoms with Crippen LogP contribution >= 0.6 is 0 Å².